The maximum atomic E-state index is 4.34. The van der Waals surface area contributed by atoms with Crippen LogP contribution in [0.25, 0.3) is 33.3 Å². The SMILES string of the molecule is Cc1ccccc1-c1cc2ccc(-c3ccncn3)cc2c[n+]1C. The molecule has 0 aliphatic carbocycles. The second-order valence-electron chi connectivity index (χ2n) is 6.02. The Morgan fingerprint density at radius 2 is 1.79 bits per heavy atom. The van der Waals surface area contributed by atoms with Crippen LogP contribution in [0, 0.1) is 6.92 Å². The van der Waals surface area contributed by atoms with Gasteiger partial charge in [0.1, 0.15) is 13.4 Å². The van der Waals surface area contributed by atoms with Crippen LogP contribution in [0.1, 0.15) is 5.56 Å². The number of hydrogen-bond donors (Lipinski definition) is 0. The Morgan fingerprint density at radius 1 is 0.917 bits per heavy atom. The number of pyridine rings is 1. The third kappa shape index (κ3) is 2.54. The predicted molar refractivity (Wildman–Crippen MR) is 96.3 cm³/mol. The number of rotatable bonds is 2. The van der Waals surface area contributed by atoms with Crippen molar-refractivity contribution in [3.05, 3.63) is 78.9 Å². The number of aryl methyl sites for hydroxylation is 2. The van der Waals surface area contributed by atoms with E-state index in [0.29, 0.717) is 0 Å². The lowest BCUT2D eigenvalue weighted by molar-refractivity contribution is -0.659. The van der Waals surface area contributed by atoms with Crippen LogP contribution in [0.3, 0.4) is 0 Å². The fourth-order valence-electron chi connectivity index (χ4n) is 3.09. The Bertz CT molecular complexity index is 1020. The summed E-state index contributed by atoms with van der Waals surface area (Å²) in [7, 11) is 2.10. The smallest absolute Gasteiger partial charge is 0.213 e. The Hall–Kier alpha value is -3.07. The molecule has 3 nitrogen and oxygen atoms in total. The molecule has 0 amide bonds. The highest BCUT2D eigenvalue weighted by atomic mass is 14.9. The van der Waals surface area contributed by atoms with Gasteiger partial charge >= 0.3 is 0 Å². The number of nitrogens with zero attached hydrogens (tertiary/aromatic N) is 3. The van der Waals surface area contributed by atoms with Crippen LogP contribution >= 0.6 is 0 Å². The quantitative estimate of drug-likeness (QED) is 0.522. The molecule has 2 heterocycles. The summed E-state index contributed by atoms with van der Waals surface area (Å²) in [6, 6.07) is 19.1. The van der Waals surface area contributed by atoms with Gasteiger partial charge in [-0.3, -0.25) is 0 Å². The second-order valence-corrected chi connectivity index (χ2v) is 6.02. The highest BCUT2D eigenvalue weighted by molar-refractivity contribution is 5.87. The minimum atomic E-state index is 0.942. The molecule has 0 radical (unpaired) electrons. The zero-order valence-electron chi connectivity index (χ0n) is 13.8. The van der Waals surface area contributed by atoms with Crippen LogP contribution in [0.2, 0.25) is 0 Å². The van der Waals surface area contributed by atoms with Crippen LogP contribution in [0.5, 0.6) is 0 Å². The van der Waals surface area contributed by atoms with E-state index < -0.39 is 0 Å². The molecule has 0 atom stereocenters. The summed E-state index contributed by atoms with van der Waals surface area (Å²) in [5.74, 6) is 0. The van der Waals surface area contributed by atoms with Crippen molar-refractivity contribution in [3.63, 3.8) is 0 Å². The second kappa shape index (κ2) is 5.85. The lowest BCUT2D eigenvalue weighted by Crippen LogP contribution is -2.30. The summed E-state index contributed by atoms with van der Waals surface area (Å²) in [4.78, 5) is 8.32. The first-order chi connectivity index (χ1) is 11.7. The van der Waals surface area contributed by atoms with E-state index in [9.17, 15) is 0 Å². The normalized spacial score (nSPS) is 10.9. The fraction of sp³-hybridized carbons (Fsp3) is 0.0952. The third-order valence-corrected chi connectivity index (χ3v) is 4.39. The maximum Gasteiger partial charge on any atom is 0.213 e. The summed E-state index contributed by atoms with van der Waals surface area (Å²) in [5.41, 5.74) is 5.81. The van der Waals surface area contributed by atoms with E-state index in [4.69, 9.17) is 0 Å². The number of fused-ring (bicyclic) bond motifs is 1. The highest BCUT2D eigenvalue weighted by Crippen LogP contribution is 2.26. The van der Waals surface area contributed by atoms with Crippen LogP contribution in [-0.2, 0) is 7.05 Å². The van der Waals surface area contributed by atoms with E-state index in [0.717, 1.165) is 11.3 Å². The van der Waals surface area contributed by atoms with Gasteiger partial charge in [0, 0.05) is 28.8 Å². The molecule has 0 aliphatic heterocycles. The monoisotopic (exact) mass is 312 g/mol. The molecule has 24 heavy (non-hydrogen) atoms. The zero-order valence-corrected chi connectivity index (χ0v) is 13.8. The van der Waals surface area contributed by atoms with E-state index in [-0.39, 0.29) is 0 Å². The lowest BCUT2D eigenvalue weighted by atomic mass is 10.0. The molecule has 3 heteroatoms. The largest absolute Gasteiger partial charge is 0.245 e. The number of hydrogen-bond acceptors (Lipinski definition) is 2. The maximum absolute atomic E-state index is 4.34. The van der Waals surface area contributed by atoms with Crippen molar-refractivity contribution < 1.29 is 4.57 Å². The Balaban J connectivity index is 1.87. The molecule has 0 N–H and O–H groups in total. The fourth-order valence-corrected chi connectivity index (χ4v) is 3.09. The molecular weight excluding hydrogens is 294 g/mol. The number of aromatic nitrogens is 3. The summed E-state index contributed by atoms with van der Waals surface area (Å²) < 4.78 is 2.19. The standard InChI is InChI=1S/C21H18N3/c1-15-5-3-4-6-19(15)21-12-16-7-8-17(11-18(16)13-24(21)2)20-9-10-22-14-23-20/h3-14H,1-2H3/q+1. The topological polar surface area (TPSA) is 29.7 Å². The predicted octanol–water partition coefficient (Wildman–Crippen LogP) is 4.10. The van der Waals surface area contributed by atoms with E-state index in [1.54, 1.807) is 12.5 Å². The van der Waals surface area contributed by atoms with Gasteiger partial charge in [-0.25, -0.2) is 14.5 Å². The van der Waals surface area contributed by atoms with E-state index in [1.807, 2.05) is 6.07 Å². The lowest BCUT2D eigenvalue weighted by Gasteiger charge is -2.07. The third-order valence-electron chi connectivity index (χ3n) is 4.39. The van der Waals surface area contributed by atoms with Gasteiger partial charge in [0.25, 0.3) is 0 Å². The van der Waals surface area contributed by atoms with Gasteiger partial charge in [-0.15, -0.1) is 0 Å². The molecule has 0 fully saturated rings. The molecule has 116 valence electrons. The first kappa shape index (κ1) is 14.5. The van der Waals surface area contributed by atoms with Crippen LogP contribution in [0.4, 0.5) is 0 Å². The molecule has 4 rings (SSSR count). The van der Waals surface area contributed by atoms with E-state index in [1.165, 1.54) is 27.6 Å². The van der Waals surface area contributed by atoms with Crippen LogP contribution < -0.4 is 4.57 Å². The minimum Gasteiger partial charge on any atom is -0.245 e. The summed E-state index contributed by atoms with van der Waals surface area (Å²) in [6.45, 7) is 2.15. The van der Waals surface area contributed by atoms with Crippen molar-refractivity contribution in [1.82, 2.24) is 9.97 Å². The highest BCUT2D eigenvalue weighted by Gasteiger charge is 2.14. The van der Waals surface area contributed by atoms with Gasteiger partial charge in [0.15, 0.2) is 6.20 Å². The van der Waals surface area contributed by atoms with Crippen molar-refractivity contribution >= 4 is 10.8 Å². The average molecular weight is 312 g/mol. The van der Waals surface area contributed by atoms with Crippen LogP contribution in [0.15, 0.2) is 73.3 Å². The van der Waals surface area contributed by atoms with Crippen LogP contribution in [-0.4, -0.2) is 9.97 Å². The summed E-state index contributed by atoms with van der Waals surface area (Å²) >= 11 is 0. The molecule has 0 aliphatic rings. The van der Waals surface area contributed by atoms with Gasteiger partial charge < -0.3 is 0 Å². The number of benzene rings is 2. The van der Waals surface area contributed by atoms with Gasteiger partial charge in [-0.05, 0) is 36.1 Å². The molecule has 0 unspecified atom stereocenters. The molecule has 4 aromatic rings. The Morgan fingerprint density at radius 3 is 2.58 bits per heavy atom. The van der Waals surface area contributed by atoms with Gasteiger partial charge in [0.2, 0.25) is 5.69 Å². The Labute approximate surface area is 141 Å². The molecular formula is C21H18N3+. The first-order valence-corrected chi connectivity index (χ1v) is 7.98. The van der Waals surface area contributed by atoms with Crippen molar-refractivity contribution in [2.24, 2.45) is 7.05 Å². The van der Waals surface area contributed by atoms with Crippen molar-refractivity contribution in [1.29, 1.82) is 0 Å². The van der Waals surface area contributed by atoms with Gasteiger partial charge in [0.05, 0.1) is 5.69 Å². The first-order valence-electron chi connectivity index (χ1n) is 7.98. The van der Waals surface area contributed by atoms with Gasteiger partial charge in [-0.1, -0.05) is 30.3 Å². The molecule has 0 saturated carbocycles. The zero-order chi connectivity index (χ0) is 16.5. The summed E-state index contributed by atoms with van der Waals surface area (Å²) in [5, 5.41) is 2.43. The summed E-state index contributed by atoms with van der Waals surface area (Å²) in [6.07, 6.45) is 5.54. The molecule has 0 bridgehead atoms. The van der Waals surface area contributed by atoms with E-state index >= 15 is 0 Å². The average Bonchev–Trinajstić information content (AvgIpc) is 2.62. The minimum absolute atomic E-state index is 0.942. The molecule has 0 spiro atoms. The van der Waals surface area contributed by atoms with E-state index in [2.05, 4.69) is 83.2 Å². The Kier molecular flexibility index (Phi) is 3.54. The van der Waals surface area contributed by atoms with Crippen molar-refractivity contribution in [2.75, 3.05) is 0 Å². The molecule has 2 aromatic heterocycles. The molecule has 2 aromatic carbocycles. The van der Waals surface area contributed by atoms with Crippen molar-refractivity contribution in [3.8, 4) is 22.5 Å². The van der Waals surface area contributed by atoms with Crippen molar-refractivity contribution in [2.45, 2.75) is 6.92 Å². The van der Waals surface area contributed by atoms with Gasteiger partial charge in [-0.2, -0.15) is 0 Å². The molecule has 0 saturated heterocycles.